The molecule has 0 aliphatic rings. The Hall–Kier alpha value is -1.66. The molecule has 0 fully saturated rings. The van der Waals surface area contributed by atoms with Crippen molar-refractivity contribution in [2.45, 2.75) is 33.1 Å². The zero-order valence-corrected chi connectivity index (χ0v) is 12.6. The summed E-state index contributed by atoms with van der Waals surface area (Å²) in [7, 11) is -3.39. The summed E-state index contributed by atoms with van der Waals surface area (Å²) in [6.45, 7) is 5.67. The number of hydrogen-bond acceptors (Lipinski definition) is 4. The highest BCUT2D eigenvalue weighted by molar-refractivity contribution is 7.88. The van der Waals surface area contributed by atoms with Gasteiger partial charge in [0.05, 0.1) is 11.4 Å². The fourth-order valence-corrected chi connectivity index (χ4v) is 3.16. The summed E-state index contributed by atoms with van der Waals surface area (Å²) in [5.41, 5.74) is 3.27. The van der Waals surface area contributed by atoms with E-state index >= 15 is 0 Å². The van der Waals surface area contributed by atoms with E-state index in [-0.39, 0.29) is 12.3 Å². The Kier molecular flexibility index (Phi) is 4.25. The average molecular weight is 294 g/mol. The molecule has 0 radical (unpaired) electrons. The van der Waals surface area contributed by atoms with Gasteiger partial charge in [0.25, 0.3) is 0 Å². The highest BCUT2D eigenvalue weighted by atomic mass is 32.2. The van der Waals surface area contributed by atoms with Gasteiger partial charge in [-0.3, -0.25) is 0 Å². The van der Waals surface area contributed by atoms with E-state index in [9.17, 15) is 8.42 Å². The van der Waals surface area contributed by atoms with E-state index in [1.54, 1.807) is 13.8 Å². The summed E-state index contributed by atoms with van der Waals surface area (Å²) in [6, 6.07) is 7.46. The minimum Gasteiger partial charge on any atom is -0.361 e. The van der Waals surface area contributed by atoms with Crippen molar-refractivity contribution in [1.29, 1.82) is 0 Å². The van der Waals surface area contributed by atoms with Crippen LogP contribution in [0.15, 0.2) is 28.8 Å². The zero-order valence-electron chi connectivity index (χ0n) is 11.8. The quantitative estimate of drug-likeness (QED) is 0.917. The predicted octanol–water partition coefficient (Wildman–Crippen LogP) is 2.22. The molecule has 0 saturated heterocycles. The van der Waals surface area contributed by atoms with Crippen molar-refractivity contribution in [3.05, 3.63) is 52.4 Å². The molecule has 0 atom stereocenters. The second-order valence-corrected chi connectivity index (χ2v) is 6.62. The van der Waals surface area contributed by atoms with Gasteiger partial charge in [0.2, 0.25) is 10.0 Å². The van der Waals surface area contributed by atoms with E-state index in [1.165, 1.54) is 0 Å². The van der Waals surface area contributed by atoms with Crippen LogP contribution in [-0.2, 0) is 22.3 Å². The molecule has 1 heterocycles. The predicted molar refractivity (Wildman–Crippen MR) is 76.6 cm³/mol. The molecule has 0 aliphatic heterocycles. The third kappa shape index (κ3) is 3.46. The summed E-state index contributed by atoms with van der Waals surface area (Å²) in [4.78, 5) is 0. The standard InChI is InChI=1S/C14H18N2O3S/c1-10-6-4-5-7-13(10)9-20(17,18)15-8-14-11(2)16-19-12(14)3/h4-7,15H,8-9H2,1-3H3. The average Bonchev–Trinajstić information content (AvgIpc) is 2.69. The smallest absolute Gasteiger partial charge is 0.216 e. The van der Waals surface area contributed by atoms with Crippen LogP contribution in [0.4, 0.5) is 0 Å². The Morgan fingerprint density at radius 2 is 1.90 bits per heavy atom. The third-order valence-corrected chi connectivity index (χ3v) is 4.53. The highest BCUT2D eigenvalue weighted by Gasteiger charge is 2.15. The van der Waals surface area contributed by atoms with Crippen LogP contribution in [-0.4, -0.2) is 13.6 Å². The van der Waals surface area contributed by atoms with Crippen molar-refractivity contribution in [2.24, 2.45) is 0 Å². The van der Waals surface area contributed by atoms with Gasteiger partial charge in [0.1, 0.15) is 5.76 Å². The van der Waals surface area contributed by atoms with E-state index < -0.39 is 10.0 Å². The lowest BCUT2D eigenvalue weighted by Crippen LogP contribution is -2.25. The number of aromatic nitrogens is 1. The van der Waals surface area contributed by atoms with Crippen molar-refractivity contribution in [3.8, 4) is 0 Å². The number of benzene rings is 1. The molecule has 0 saturated carbocycles. The summed E-state index contributed by atoms with van der Waals surface area (Å²) >= 11 is 0. The topological polar surface area (TPSA) is 72.2 Å². The number of hydrogen-bond donors (Lipinski definition) is 1. The number of sulfonamides is 1. The van der Waals surface area contributed by atoms with Crippen LogP contribution >= 0.6 is 0 Å². The lowest BCUT2D eigenvalue weighted by molar-refractivity contribution is 0.392. The lowest BCUT2D eigenvalue weighted by atomic mass is 10.1. The highest BCUT2D eigenvalue weighted by Crippen LogP contribution is 2.14. The molecule has 20 heavy (non-hydrogen) atoms. The van der Waals surface area contributed by atoms with Crippen molar-refractivity contribution >= 4 is 10.0 Å². The van der Waals surface area contributed by atoms with Crippen LogP contribution in [0, 0.1) is 20.8 Å². The van der Waals surface area contributed by atoms with Crippen LogP contribution in [0.3, 0.4) is 0 Å². The van der Waals surface area contributed by atoms with Crippen LogP contribution in [0.2, 0.25) is 0 Å². The maximum atomic E-state index is 12.1. The molecule has 0 unspecified atom stereocenters. The molecule has 1 aromatic carbocycles. The molecule has 0 spiro atoms. The molecule has 2 aromatic rings. The first kappa shape index (κ1) is 14.7. The molecule has 1 N–H and O–H groups in total. The number of nitrogens with zero attached hydrogens (tertiary/aromatic N) is 1. The second kappa shape index (κ2) is 5.76. The monoisotopic (exact) mass is 294 g/mol. The SMILES string of the molecule is Cc1ccccc1CS(=O)(=O)NCc1c(C)noc1C. The van der Waals surface area contributed by atoms with Gasteiger partial charge < -0.3 is 4.52 Å². The van der Waals surface area contributed by atoms with E-state index in [1.807, 2.05) is 31.2 Å². The van der Waals surface area contributed by atoms with Crippen LogP contribution in [0.1, 0.15) is 28.1 Å². The first-order valence-electron chi connectivity index (χ1n) is 6.32. The van der Waals surface area contributed by atoms with E-state index in [0.29, 0.717) is 11.5 Å². The largest absolute Gasteiger partial charge is 0.361 e. The van der Waals surface area contributed by atoms with Gasteiger partial charge in [-0.25, -0.2) is 13.1 Å². The summed E-state index contributed by atoms with van der Waals surface area (Å²) < 4.78 is 31.8. The summed E-state index contributed by atoms with van der Waals surface area (Å²) in [5.74, 6) is 0.615. The zero-order chi connectivity index (χ0) is 14.8. The first-order chi connectivity index (χ1) is 9.39. The Morgan fingerprint density at radius 3 is 2.50 bits per heavy atom. The first-order valence-corrected chi connectivity index (χ1v) is 7.98. The maximum absolute atomic E-state index is 12.1. The van der Waals surface area contributed by atoms with Crippen molar-refractivity contribution in [1.82, 2.24) is 9.88 Å². The van der Waals surface area contributed by atoms with Gasteiger partial charge in [-0.1, -0.05) is 29.4 Å². The van der Waals surface area contributed by atoms with E-state index in [0.717, 1.165) is 16.7 Å². The molecule has 0 aliphatic carbocycles. The lowest BCUT2D eigenvalue weighted by Gasteiger charge is -2.08. The van der Waals surface area contributed by atoms with Gasteiger partial charge in [-0.05, 0) is 31.9 Å². The second-order valence-electron chi connectivity index (χ2n) is 4.81. The fourth-order valence-electron chi connectivity index (χ4n) is 1.96. The summed E-state index contributed by atoms with van der Waals surface area (Å²) in [6.07, 6.45) is 0. The van der Waals surface area contributed by atoms with E-state index in [2.05, 4.69) is 9.88 Å². The molecule has 6 heteroatoms. The number of nitrogens with one attached hydrogen (secondary N) is 1. The normalized spacial score (nSPS) is 11.8. The Bertz CT molecular complexity index is 685. The Balaban J connectivity index is 2.07. The summed E-state index contributed by atoms with van der Waals surface area (Å²) in [5, 5.41) is 3.81. The van der Waals surface area contributed by atoms with Gasteiger partial charge in [-0.2, -0.15) is 0 Å². The Labute approximate surface area is 119 Å². The number of rotatable bonds is 5. The number of aryl methyl sites for hydroxylation is 3. The van der Waals surface area contributed by atoms with Gasteiger partial charge in [0.15, 0.2) is 0 Å². The van der Waals surface area contributed by atoms with Gasteiger partial charge in [0, 0.05) is 12.1 Å². The fraction of sp³-hybridized carbons (Fsp3) is 0.357. The van der Waals surface area contributed by atoms with Gasteiger partial charge >= 0.3 is 0 Å². The molecular weight excluding hydrogens is 276 g/mol. The van der Waals surface area contributed by atoms with Crippen LogP contribution in [0.25, 0.3) is 0 Å². The van der Waals surface area contributed by atoms with Crippen LogP contribution < -0.4 is 4.72 Å². The maximum Gasteiger partial charge on any atom is 0.216 e. The van der Waals surface area contributed by atoms with Crippen molar-refractivity contribution < 1.29 is 12.9 Å². The van der Waals surface area contributed by atoms with E-state index in [4.69, 9.17) is 4.52 Å². The molecule has 0 amide bonds. The minimum atomic E-state index is -3.39. The van der Waals surface area contributed by atoms with Crippen LogP contribution in [0.5, 0.6) is 0 Å². The van der Waals surface area contributed by atoms with Crippen molar-refractivity contribution in [2.75, 3.05) is 0 Å². The molecule has 2 rings (SSSR count). The molecule has 5 nitrogen and oxygen atoms in total. The molecule has 1 aromatic heterocycles. The minimum absolute atomic E-state index is 0.0248. The van der Waals surface area contributed by atoms with Gasteiger partial charge in [-0.15, -0.1) is 0 Å². The third-order valence-electron chi connectivity index (χ3n) is 3.26. The molecular formula is C14H18N2O3S. The Morgan fingerprint density at radius 1 is 1.20 bits per heavy atom. The molecule has 108 valence electrons. The van der Waals surface area contributed by atoms with Crippen molar-refractivity contribution in [3.63, 3.8) is 0 Å². The molecule has 0 bridgehead atoms.